The monoisotopic (exact) mass is 462 g/mol. The summed E-state index contributed by atoms with van der Waals surface area (Å²) in [5.41, 5.74) is 0. The first kappa shape index (κ1) is 20.7. The van der Waals surface area contributed by atoms with E-state index in [4.69, 9.17) is 9.47 Å². The number of anilines is 1. The van der Waals surface area contributed by atoms with Crippen LogP contribution in [0.15, 0.2) is 27.7 Å². The Bertz CT molecular complexity index is 1270. The van der Waals surface area contributed by atoms with Crippen LogP contribution in [-0.2, 0) is 19.9 Å². The molecule has 3 heterocycles. The predicted octanol–water partition coefficient (Wildman–Crippen LogP) is 0.117. The van der Waals surface area contributed by atoms with Crippen molar-refractivity contribution in [3.63, 3.8) is 0 Å². The average Bonchev–Trinajstić information content (AvgIpc) is 3.21. The Labute approximate surface area is 168 Å². The molecule has 0 fully saturated rings. The van der Waals surface area contributed by atoms with Gasteiger partial charge < -0.3 is 9.47 Å². The van der Waals surface area contributed by atoms with E-state index >= 15 is 0 Å². The maximum absolute atomic E-state index is 12.7. The number of carbonyl (C=O) groups excluding carboxylic acids is 1. The quantitative estimate of drug-likeness (QED) is 0.512. The van der Waals surface area contributed by atoms with Crippen molar-refractivity contribution in [3.8, 4) is 11.8 Å². The zero-order valence-corrected chi connectivity index (χ0v) is 17.6. The van der Waals surface area contributed by atoms with Crippen LogP contribution < -0.4 is 19.5 Å². The lowest BCUT2D eigenvalue weighted by atomic mass is 10.6. The molecule has 0 aliphatic heterocycles. The van der Waals surface area contributed by atoms with Gasteiger partial charge in [-0.3, -0.25) is 9.72 Å². The minimum atomic E-state index is -4.63. The summed E-state index contributed by atoms with van der Waals surface area (Å²) in [7, 11) is -5.97. The van der Waals surface area contributed by atoms with Crippen LogP contribution in [0.2, 0.25) is 0 Å². The van der Waals surface area contributed by atoms with Gasteiger partial charge in [0.2, 0.25) is 17.7 Å². The molecule has 3 rings (SSSR count). The lowest BCUT2D eigenvalue weighted by Crippen LogP contribution is -2.36. The summed E-state index contributed by atoms with van der Waals surface area (Å²) in [6.45, 7) is 0. The third-order valence-electron chi connectivity index (χ3n) is 3.34. The van der Waals surface area contributed by atoms with E-state index in [0.717, 1.165) is 22.0 Å². The van der Waals surface area contributed by atoms with Crippen LogP contribution in [0.1, 0.15) is 0 Å². The normalized spacial score (nSPS) is 12.0. The van der Waals surface area contributed by atoms with Crippen LogP contribution in [0.5, 0.6) is 11.8 Å². The van der Waals surface area contributed by atoms with Gasteiger partial charge in [-0.2, -0.15) is 18.4 Å². The molecule has 0 saturated carbocycles. The van der Waals surface area contributed by atoms with Gasteiger partial charge in [-0.05, 0) is 0 Å². The Morgan fingerprint density at radius 3 is 2.28 bits per heavy atom. The Morgan fingerprint density at radius 1 is 1.10 bits per heavy atom. The topological polar surface area (TPSA) is 171 Å². The van der Waals surface area contributed by atoms with Gasteiger partial charge in [-0.25, -0.2) is 22.9 Å². The highest BCUT2D eigenvalue weighted by molar-refractivity contribution is 7.93. The molecule has 0 atom stereocenters. The molecule has 0 aromatic carbocycles. The number of ether oxygens (including phenoxy) is 2. The smallest absolute Gasteiger partial charge is 0.335 e. The number of thiazole rings is 1. The highest BCUT2D eigenvalue weighted by Gasteiger charge is 2.32. The number of urea groups is 1. The van der Waals surface area contributed by atoms with E-state index in [1.807, 2.05) is 0 Å². The molecule has 156 valence electrons. The Hall–Kier alpha value is -2.98. The van der Waals surface area contributed by atoms with Crippen LogP contribution in [0.25, 0.3) is 4.96 Å². The number of hydrogen-bond acceptors (Lipinski definition) is 11. The second-order valence-corrected chi connectivity index (χ2v) is 9.79. The minimum Gasteiger partial charge on any atom is -0.481 e. The summed E-state index contributed by atoms with van der Waals surface area (Å²) in [5, 5.41) is 2.28. The SMILES string of the molecule is COc1cc(OC)nc(NC(=O)NS(=O)(=O)c2c(S(C)(=O)=O)nc3sccn23)n1. The predicted molar refractivity (Wildman–Crippen MR) is 101 cm³/mol. The number of hydrogen-bond donors (Lipinski definition) is 2. The molecule has 0 saturated heterocycles. The standard InChI is InChI=1S/C13H14N6O7S3/c1-25-7-6-8(26-2)15-11(14-7)17-12(20)18-29(23,24)10-9(28(3,21)22)16-13-19(10)4-5-27-13/h4-6H,1-3H3,(H2,14,15,17,18,20). The molecule has 2 amide bonds. The first-order valence-corrected chi connectivity index (χ1v) is 11.8. The lowest BCUT2D eigenvalue weighted by Gasteiger charge is -2.09. The van der Waals surface area contributed by atoms with Crippen molar-refractivity contribution in [3.05, 3.63) is 17.6 Å². The molecule has 0 aliphatic carbocycles. The number of imidazole rings is 1. The van der Waals surface area contributed by atoms with Gasteiger partial charge in [0, 0.05) is 17.8 Å². The van der Waals surface area contributed by atoms with Crippen LogP contribution in [0.4, 0.5) is 10.7 Å². The molecule has 0 bridgehead atoms. The van der Waals surface area contributed by atoms with Gasteiger partial charge in [0.1, 0.15) is 0 Å². The fraction of sp³-hybridized carbons (Fsp3) is 0.231. The van der Waals surface area contributed by atoms with Gasteiger partial charge in [-0.1, -0.05) is 0 Å². The van der Waals surface area contributed by atoms with Crippen molar-refractivity contribution in [2.24, 2.45) is 0 Å². The van der Waals surface area contributed by atoms with E-state index in [2.05, 4.69) is 20.3 Å². The zero-order chi connectivity index (χ0) is 21.4. The number of fused-ring (bicyclic) bond motifs is 1. The number of amides is 2. The van der Waals surface area contributed by atoms with Gasteiger partial charge in [0.05, 0.1) is 20.3 Å². The Morgan fingerprint density at radius 2 is 1.72 bits per heavy atom. The van der Waals surface area contributed by atoms with E-state index in [9.17, 15) is 21.6 Å². The molecule has 0 spiro atoms. The minimum absolute atomic E-state index is 0.0603. The van der Waals surface area contributed by atoms with Crippen LogP contribution in [-0.4, -0.2) is 62.7 Å². The molecule has 2 N–H and O–H groups in total. The summed E-state index contributed by atoms with van der Waals surface area (Å²) in [6.07, 6.45) is 2.14. The molecule has 29 heavy (non-hydrogen) atoms. The largest absolute Gasteiger partial charge is 0.481 e. The molecule has 0 aliphatic rings. The highest BCUT2D eigenvalue weighted by atomic mass is 32.2. The second kappa shape index (κ2) is 7.45. The summed E-state index contributed by atoms with van der Waals surface area (Å²) < 4.78 is 62.1. The second-order valence-electron chi connectivity index (χ2n) is 5.39. The zero-order valence-electron chi connectivity index (χ0n) is 15.1. The summed E-state index contributed by atoms with van der Waals surface area (Å²) in [5.74, 6) is -0.179. The maximum Gasteiger partial charge on any atom is 0.335 e. The maximum atomic E-state index is 12.7. The highest BCUT2D eigenvalue weighted by Crippen LogP contribution is 2.25. The van der Waals surface area contributed by atoms with E-state index in [0.29, 0.717) is 0 Å². The molecule has 3 aromatic rings. The Balaban J connectivity index is 1.94. The van der Waals surface area contributed by atoms with Crippen molar-refractivity contribution < 1.29 is 31.1 Å². The number of methoxy groups -OCH3 is 2. The number of sulfonamides is 1. The van der Waals surface area contributed by atoms with Crippen molar-refractivity contribution in [1.29, 1.82) is 0 Å². The third kappa shape index (κ3) is 4.22. The van der Waals surface area contributed by atoms with Crippen molar-refractivity contribution in [2.45, 2.75) is 10.1 Å². The number of sulfone groups is 1. The fourth-order valence-corrected chi connectivity index (χ4v) is 5.55. The van der Waals surface area contributed by atoms with Gasteiger partial charge in [-0.15, -0.1) is 11.3 Å². The third-order valence-corrected chi connectivity index (χ3v) is 6.57. The first-order chi connectivity index (χ1) is 13.5. The van der Waals surface area contributed by atoms with E-state index in [1.165, 1.54) is 31.9 Å². The molecule has 0 radical (unpaired) electrons. The van der Waals surface area contributed by atoms with Gasteiger partial charge in [0.25, 0.3) is 10.0 Å². The Kier molecular flexibility index (Phi) is 5.33. The van der Waals surface area contributed by atoms with Crippen LogP contribution in [0.3, 0.4) is 0 Å². The molecular formula is C13H14N6O7S3. The number of aromatic nitrogens is 4. The summed E-state index contributed by atoms with van der Waals surface area (Å²) in [6, 6.07) is 0.113. The van der Waals surface area contributed by atoms with Crippen LogP contribution >= 0.6 is 11.3 Å². The van der Waals surface area contributed by atoms with E-state index in [1.54, 1.807) is 4.72 Å². The number of nitrogens with one attached hydrogen (secondary N) is 2. The molecular weight excluding hydrogens is 448 g/mol. The van der Waals surface area contributed by atoms with Gasteiger partial charge >= 0.3 is 6.03 Å². The summed E-state index contributed by atoms with van der Waals surface area (Å²) >= 11 is 1.03. The molecule has 16 heteroatoms. The summed E-state index contributed by atoms with van der Waals surface area (Å²) in [4.78, 5) is 23.9. The van der Waals surface area contributed by atoms with E-state index in [-0.39, 0.29) is 22.7 Å². The number of rotatable bonds is 6. The number of nitrogens with zero attached hydrogens (tertiary/aromatic N) is 4. The van der Waals surface area contributed by atoms with Crippen LogP contribution in [0, 0.1) is 0 Å². The molecule has 13 nitrogen and oxygen atoms in total. The number of carbonyl (C=O) groups is 1. The van der Waals surface area contributed by atoms with E-state index < -0.39 is 35.9 Å². The fourth-order valence-electron chi connectivity index (χ4n) is 2.20. The van der Waals surface area contributed by atoms with Gasteiger partial charge in [0.15, 0.2) is 24.9 Å². The van der Waals surface area contributed by atoms with Crippen molar-refractivity contribution in [1.82, 2.24) is 24.1 Å². The molecule has 0 unspecified atom stereocenters. The first-order valence-electron chi connectivity index (χ1n) is 7.51. The van der Waals surface area contributed by atoms with Crippen molar-refractivity contribution in [2.75, 3.05) is 25.8 Å². The van der Waals surface area contributed by atoms with Crippen molar-refractivity contribution >= 4 is 48.1 Å². The molecule has 3 aromatic heterocycles. The average molecular weight is 462 g/mol. The lowest BCUT2D eigenvalue weighted by molar-refractivity contribution is 0.256.